The van der Waals surface area contributed by atoms with Gasteiger partial charge in [0, 0.05) is 25.6 Å². The molecule has 0 spiro atoms. The first kappa shape index (κ1) is 13.1. The third-order valence-electron chi connectivity index (χ3n) is 3.69. The Labute approximate surface area is 108 Å². The fourth-order valence-electron chi connectivity index (χ4n) is 2.61. The lowest BCUT2D eigenvalue weighted by Gasteiger charge is -2.40. The molecule has 18 heavy (non-hydrogen) atoms. The van der Waals surface area contributed by atoms with Crippen molar-refractivity contribution in [2.75, 3.05) is 19.6 Å². The zero-order valence-electron chi connectivity index (χ0n) is 10.9. The minimum Gasteiger partial charge on any atom is -0.481 e. The lowest BCUT2D eigenvalue weighted by atomic mass is 9.90. The smallest absolute Gasteiger partial charge is 0.307 e. The number of hydrogen-bond acceptors (Lipinski definition) is 2. The van der Waals surface area contributed by atoms with E-state index in [1.807, 2.05) is 13.0 Å². The number of aliphatic carboxylic acids is 1. The molecule has 98 valence electrons. The van der Waals surface area contributed by atoms with Gasteiger partial charge in [0.25, 0.3) is 0 Å². The fourth-order valence-corrected chi connectivity index (χ4v) is 2.61. The van der Waals surface area contributed by atoms with E-state index in [9.17, 15) is 4.79 Å². The first-order valence-corrected chi connectivity index (χ1v) is 6.70. The fraction of sp³-hybridized carbons (Fsp3) is 0.533. The van der Waals surface area contributed by atoms with Crippen LogP contribution in [0.15, 0.2) is 30.3 Å². The molecule has 0 saturated carbocycles. The van der Waals surface area contributed by atoms with Gasteiger partial charge in [-0.15, -0.1) is 0 Å². The quantitative estimate of drug-likeness (QED) is 0.840. The van der Waals surface area contributed by atoms with Crippen LogP contribution in [-0.2, 0) is 4.79 Å². The summed E-state index contributed by atoms with van der Waals surface area (Å²) in [7, 11) is 0. The summed E-state index contributed by atoms with van der Waals surface area (Å²) in [6, 6.07) is 10.5. The third-order valence-corrected chi connectivity index (χ3v) is 3.69. The predicted octanol–water partition coefficient (Wildman–Crippen LogP) is 2.59. The summed E-state index contributed by atoms with van der Waals surface area (Å²) in [4.78, 5) is 13.3. The van der Waals surface area contributed by atoms with Crippen molar-refractivity contribution in [2.24, 2.45) is 5.92 Å². The number of benzene rings is 1. The summed E-state index contributed by atoms with van der Waals surface area (Å²) in [6.45, 7) is 4.74. The molecule has 3 nitrogen and oxygen atoms in total. The molecule has 3 heteroatoms. The van der Waals surface area contributed by atoms with Crippen LogP contribution in [0.25, 0.3) is 0 Å². The monoisotopic (exact) mass is 247 g/mol. The first-order valence-electron chi connectivity index (χ1n) is 6.70. The maximum absolute atomic E-state index is 11.1. The third kappa shape index (κ3) is 3.10. The van der Waals surface area contributed by atoms with E-state index in [2.05, 4.69) is 29.2 Å². The molecule has 1 aliphatic rings. The molecule has 1 N–H and O–H groups in total. The standard InChI is InChI=1S/C15H21NO2/c1-2-6-13(15(17)18)9-16-10-14(11-16)12-7-4-3-5-8-12/h3-5,7-8,13-14H,2,6,9-11H2,1H3,(H,17,18). The molecule has 0 aliphatic carbocycles. The number of rotatable bonds is 6. The second-order valence-corrected chi connectivity index (χ2v) is 5.15. The van der Waals surface area contributed by atoms with E-state index in [-0.39, 0.29) is 5.92 Å². The zero-order valence-corrected chi connectivity index (χ0v) is 10.9. The SMILES string of the molecule is CCCC(CN1CC(c2ccccc2)C1)C(=O)O. The summed E-state index contributed by atoms with van der Waals surface area (Å²) < 4.78 is 0. The molecule has 0 radical (unpaired) electrons. The molecule has 0 aromatic heterocycles. The molecule has 0 bridgehead atoms. The van der Waals surface area contributed by atoms with Crippen LogP contribution >= 0.6 is 0 Å². The van der Waals surface area contributed by atoms with Gasteiger partial charge in [-0.25, -0.2) is 0 Å². The van der Waals surface area contributed by atoms with E-state index >= 15 is 0 Å². The Morgan fingerprint density at radius 3 is 2.61 bits per heavy atom. The van der Waals surface area contributed by atoms with Gasteiger partial charge in [-0.05, 0) is 12.0 Å². The molecule has 1 heterocycles. The number of carboxylic acid groups (broad SMARTS) is 1. The maximum atomic E-state index is 11.1. The Bertz CT molecular complexity index is 385. The summed E-state index contributed by atoms with van der Waals surface area (Å²) in [5.74, 6) is -0.269. The largest absolute Gasteiger partial charge is 0.481 e. The molecular formula is C15H21NO2. The summed E-state index contributed by atoms with van der Waals surface area (Å²) >= 11 is 0. The lowest BCUT2D eigenvalue weighted by Crippen LogP contribution is -2.48. The van der Waals surface area contributed by atoms with Crippen LogP contribution in [0.4, 0.5) is 0 Å². The highest BCUT2D eigenvalue weighted by Crippen LogP contribution is 2.27. The van der Waals surface area contributed by atoms with Gasteiger partial charge in [0.2, 0.25) is 0 Å². The van der Waals surface area contributed by atoms with Crippen molar-refractivity contribution in [1.82, 2.24) is 4.90 Å². The van der Waals surface area contributed by atoms with Crippen LogP contribution in [0.1, 0.15) is 31.2 Å². The molecule has 1 atom stereocenters. The van der Waals surface area contributed by atoms with E-state index in [1.54, 1.807) is 0 Å². The Kier molecular flexibility index (Phi) is 4.37. The van der Waals surface area contributed by atoms with Gasteiger partial charge >= 0.3 is 5.97 Å². The van der Waals surface area contributed by atoms with E-state index in [0.29, 0.717) is 12.5 Å². The average Bonchev–Trinajstić information content (AvgIpc) is 2.32. The van der Waals surface area contributed by atoms with Crippen molar-refractivity contribution in [1.29, 1.82) is 0 Å². The lowest BCUT2D eigenvalue weighted by molar-refractivity contribution is -0.143. The molecule has 2 rings (SSSR count). The first-order chi connectivity index (χ1) is 8.70. The van der Waals surface area contributed by atoms with E-state index < -0.39 is 5.97 Å². The number of carboxylic acids is 1. The van der Waals surface area contributed by atoms with Crippen molar-refractivity contribution >= 4 is 5.97 Å². The highest BCUT2D eigenvalue weighted by molar-refractivity contribution is 5.70. The zero-order chi connectivity index (χ0) is 13.0. The second-order valence-electron chi connectivity index (χ2n) is 5.15. The predicted molar refractivity (Wildman–Crippen MR) is 71.7 cm³/mol. The van der Waals surface area contributed by atoms with Gasteiger partial charge in [0.05, 0.1) is 5.92 Å². The summed E-state index contributed by atoms with van der Waals surface area (Å²) in [5.41, 5.74) is 1.37. The van der Waals surface area contributed by atoms with Gasteiger partial charge in [-0.1, -0.05) is 43.7 Å². The Hall–Kier alpha value is -1.35. The molecule has 1 aromatic rings. The highest BCUT2D eigenvalue weighted by Gasteiger charge is 2.31. The molecule has 1 unspecified atom stereocenters. The summed E-state index contributed by atoms with van der Waals surface area (Å²) in [6.07, 6.45) is 1.72. The minimum absolute atomic E-state index is 0.202. The van der Waals surface area contributed by atoms with Crippen molar-refractivity contribution in [3.8, 4) is 0 Å². The second kappa shape index (κ2) is 6.01. The van der Waals surface area contributed by atoms with Crippen LogP contribution in [0.5, 0.6) is 0 Å². The Morgan fingerprint density at radius 1 is 1.39 bits per heavy atom. The Morgan fingerprint density at radius 2 is 2.06 bits per heavy atom. The molecule has 1 aliphatic heterocycles. The van der Waals surface area contributed by atoms with Crippen molar-refractivity contribution in [3.63, 3.8) is 0 Å². The summed E-state index contributed by atoms with van der Waals surface area (Å²) in [5, 5.41) is 9.13. The molecule has 1 fully saturated rings. The van der Waals surface area contributed by atoms with Crippen LogP contribution in [0.2, 0.25) is 0 Å². The maximum Gasteiger partial charge on any atom is 0.307 e. The highest BCUT2D eigenvalue weighted by atomic mass is 16.4. The average molecular weight is 247 g/mol. The van der Waals surface area contributed by atoms with Gasteiger partial charge in [-0.3, -0.25) is 4.79 Å². The van der Waals surface area contributed by atoms with Crippen molar-refractivity contribution in [2.45, 2.75) is 25.7 Å². The van der Waals surface area contributed by atoms with Gasteiger partial charge in [0.1, 0.15) is 0 Å². The van der Waals surface area contributed by atoms with Crippen LogP contribution in [0.3, 0.4) is 0 Å². The molecule has 0 amide bonds. The molecular weight excluding hydrogens is 226 g/mol. The number of carbonyl (C=O) groups is 1. The van der Waals surface area contributed by atoms with E-state index in [0.717, 1.165) is 25.9 Å². The van der Waals surface area contributed by atoms with Crippen LogP contribution < -0.4 is 0 Å². The molecule has 1 saturated heterocycles. The van der Waals surface area contributed by atoms with Crippen molar-refractivity contribution < 1.29 is 9.90 Å². The minimum atomic E-state index is -0.653. The normalized spacial score (nSPS) is 18.3. The number of hydrogen-bond donors (Lipinski definition) is 1. The van der Waals surface area contributed by atoms with Gasteiger partial charge in [-0.2, -0.15) is 0 Å². The number of likely N-dealkylation sites (tertiary alicyclic amines) is 1. The van der Waals surface area contributed by atoms with Gasteiger partial charge < -0.3 is 10.0 Å². The Balaban J connectivity index is 1.80. The topological polar surface area (TPSA) is 40.5 Å². The molecule has 1 aromatic carbocycles. The van der Waals surface area contributed by atoms with E-state index in [4.69, 9.17) is 5.11 Å². The number of nitrogens with zero attached hydrogens (tertiary/aromatic N) is 1. The van der Waals surface area contributed by atoms with Crippen LogP contribution in [-0.4, -0.2) is 35.6 Å². The van der Waals surface area contributed by atoms with E-state index in [1.165, 1.54) is 5.56 Å². The van der Waals surface area contributed by atoms with Crippen LogP contribution in [0, 0.1) is 5.92 Å². The van der Waals surface area contributed by atoms with Crippen molar-refractivity contribution in [3.05, 3.63) is 35.9 Å². The van der Waals surface area contributed by atoms with Gasteiger partial charge in [0.15, 0.2) is 0 Å².